The van der Waals surface area contributed by atoms with E-state index in [4.69, 9.17) is 0 Å². The fraction of sp³-hybridized carbons (Fsp3) is 0.185. The molecular formula is C27H26N4O3S. The molecule has 0 bridgehead atoms. The number of hydrogen-bond donors (Lipinski definition) is 2. The van der Waals surface area contributed by atoms with E-state index in [0.717, 1.165) is 29.8 Å². The van der Waals surface area contributed by atoms with E-state index in [9.17, 15) is 13.2 Å². The van der Waals surface area contributed by atoms with Crippen molar-refractivity contribution in [3.63, 3.8) is 0 Å². The maximum absolute atomic E-state index is 13.3. The molecule has 7 nitrogen and oxygen atoms in total. The van der Waals surface area contributed by atoms with Crippen LogP contribution in [0.3, 0.4) is 0 Å². The van der Waals surface area contributed by atoms with Crippen molar-refractivity contribution in [1.29, 1.82) is 0 Å². The Labute approximate surface area is 204 Å². The largest absolute Gasteiger partial charge is 0.322 e. The molecule has 0 unspecified atom stereocenters. The highest BCUT2D eigenvalue weighted by Crippen LogP contribution is 2.42. The van der Waals surface area contributed by atoms with Crippen LogP contribution in [0.15, 0.2) is 83.9 Å². The summed E-state index contributed by atoms with van der Waals surface area (Å²) in [6.07, 6.45) is 3.61. The molecule has 2 N–H and O–H groups in total. The molecule has 4 aromatic rings. The number of nitrogens with zero attached hydrogens (tertiary/aromatic N) is 2. The second-order valence-electron chi connectivity index (χ2n) is 8.87. The van der Waals surface area contributed by atoms with Gasteiger partial charge in [-0.3, -0.25) is 9.52 Å². The zero-order valence-corrected chi connectivity index (χ0v) is 20.3. The molecular weight excluding hydrogens is 460 g/mol. The molecule has 0 spiro atoms. The molecule has 8 heteroatoms. The Morgan fingerprint density at radius 2 is 1.71 bits per heavy atom. The monoisotopic (exact) mass is 486 g/mol. The van der Waals surface area contributed by atoms with Gasteiger partial charge in [0.25, 0.3) is 15.9 Å². The minimum absolute atomic E-state index is 0.110. The fourth-order valence-electron chi connectivity index (χ4n) is 4.14. The van der Waals surface area contributed by atoms with Gasteiger partial charge in [0.2, 0.25) is 0 Å². The smallest absolute Gasteiger partial charge is 0.262 e. The van der Waals surface area contributed by atoms with Gasteiger partial charge in [0.1, 0.15) is 0 Å². The number of sulfonamides is 1. The molecule has 5 rings (SSSR count). The van der Waals surface area contributed by atoms with Crippen molar-refractivity contribution in [1.82, 2.24) is 9.78 Å². The van der Waals surface area contributed by atoms with Crippen LogP contribution >= 0.6 is 0 Å². The van der Waals surface area contributed by atoms with E-state index in [1.54, 1.807) is 43.5 Å². The third kappa shape index (κ3) is 4.83. The van der Waals surface area contributed by atoms with Gasteiger partial charge in [0, 0.05) is 17.3 Å². The Morgan fingerprint density at radius 3 is 2.43 bits per heavy atom. The summed E-state index contributed by atoms with van der Waals surface area (Å²) >= 11 is 0. The van der Waals surface area contributed by atoms with E-state index < -0.39 is 10.0 Å². The van der Waals surface area contributed by atoms with Crippen LogP contribution in [0.5, 0.6) is 0 Å². The summed E-state index contributed by atoms with van der Waals surface area (Å²) < 4.78 is 30.7. The van der Waals surface area contributed by atoms with Crippen LogP contribution in [-0.2, 0) is 10.0 Å². The predicted molar refractivity (Wildman–Crippen MR) is 137 cm³/mol. The van der Waals surface area contributed by atoms with E-state index in [1.165, 1.54) is 6.07 Å². The minimum atomic E-state index is -3.84. The lowest BCUT2D eigenvalue weighted by Crippen LogP contribution is -2.17. The Hall–Kier alpha value is -3.91. The van der Waals surface area contributed by atoms with Gasteiger partial charge < -0.3 is 5.32 Å². The SMILES string of the molecule is Cc1cccc(NS(=O)(=O)c2cc(NC(=O)c3cnn(-c4ccccc4)c3C3CC3)ccc2C)c1. The molecule has 1 saturated carbocycles. The summed E-state index contributed by atoms with van der Waals surface area (Å²) in [4.78, 5) is 13.4. The average molecular weight is 487 g/mol. The number of aromatic nitrogens is 2. The molecule has 1 aliphatic carbocycles. The van der Waals surface area contributed by atoms with Crippen molar-refractivity contribution in [3.8, 4) is 5.69 Å². The van der Waals surface area contributed by atoms with E-state index in [0.29, 0.717) is 22.5 Å². The number of amides is 1. The van der Waals surface area contributed by atoms with Crippen molar-refractivity contribution < 1.29 is 13.2 Å². The summed E-state index contributed by atoms with van der Waals surface area (Å²) in [5.41, 5.74) is 4.71. The Bertz CT molecular complexity index is 1510. The second-order valence-corrected chi connectivity index (χ2v) is 10.5. The number of nitrogens with one attached hydrogen (secondary N) is 2. The third-order valence-corrected chi connectivity index (χ3v) is 7.54. The number of anilines is 2. The number of aryl methyl sites for hydroxylation is 2. The van der Waals surface area contributed by atoms with Crippen LogP contribution in [0.25, 0.3) is 5.69 Å². The highest BCUT2D eigenvalue weighted by molar-refractivity contribution is 7.92. The lowest BCUT2D eigenvalue weighted by Gasteiger charge is -2.13. The van der Waals surface area contributed by atoms with Crippen molar-refractivity contribution in [2.45, 2.75) is 37.5 Å². The highest BCUT2D eigenvalue weighted by atomic mass is 32.2. The summed E-state index contributed by atoms with van der Waals surface area (Å²) in [6, 6.07) is 21.8. The number of carbonyl (C=O) groups is 1. The second kappa shape index (κ2) is 9.03. The first-order valence-electron chi connectivity index (χ1n) is 11.5. The summed E-state index contributed by atoms with van der Waals surface area (Å²) in [7, 11) is -3.84. The summed E-state index contributed by atoms with van der Waals surface area (Å²) in [5.74, 6) is -0.0288. The Balaban J connectivity index is 1.42. The Morgan fingerprint density at radius 1 is 0.943 bits per heavy atom. The van der Waals surface area contributed by atoms with E-state index >= 15 is 0 Å². The van der Waals surface area contributed by atoms with Gasteiger partial charge in [-0.2, -0.15) is 5.10 Å². The molecule has 0 saturated heterocycles. The number of para-hydroxylation sites is 1. The van der Waals surface area contributed by atoms with Crippen LogP contribution in [0.2, 0.25) is 0 Å². The molecule has 0 aliphatic heterocycles. The zero-order valence-electron chi connectivity index (χ0n) is 19.5. The van der Waals surface area contributed by atoms with E-state index in [1.807, 2.05) is 48.0 Å². The number of rotatable bonds is 7. The maximum Gasteiger partial charge on any atom is 0.262 e. The summed E-state index contributed by atoms with van der Waals surface area (Å²) in [6.45, 7) is 3.63. The molecule has 1 aromatic heterocycles. The Kier molecular flexibility index (Phi) is 5.90. The average Bonchev–Trinajstić information content (AvgIpc) is 3.57. The van der Waals surface area contributed by atoms with Gasteiger partial charge in [-0.25, -0.2) is 13.1 Å². The fourth-order valence-corrected chi connectivity index (χ4v) is 5.46. The predicted octanol–water partition coefficient (Wildman–Crippen LogP) is 5.42. The minimum Gasteiger partial charge on any atom is -0.322 e. The third-order valence-electron chi connectivity index (χ3n) is 6.02. The number of hydrogen-bond acceptors (Lipinski definition) is 4. The van der Waals surface area contributed by atoms with Gasteiger partial charge in [-0.1, -0.05) is 36.4 Å². The molecule has 0 atom stereocenters. The first-order valence-corrected chi connectivity index (χ1v) is 12.9. The highest BCUT2D eigenvalue weighted by Gasteiger charge is 2.33. The van der Waals surface area contributed by atoms with Gasteiger partial charge in [-0.05, 0) is 74.2 Å². The molecule has 1 amide bonds. The molecule has 1 aliphatic rings. The van der Waals surface area contributed by atoms with Crippen molar-refractivity contribution in [2.24, 2.45) is 0 Å². The lowest BCUT2D eigenvalue weighted by atomic mass is 10.1. The van der Waals surface area contributed by atoms with Crippen LogP contribution in [-0.4, -0.2) is 24.1 Å². The lowest BCUT2D eigenvalue weighted by molar-refractivity contribution is 0.102. The van der Waals surface area contributed by atoms with Gasteiger partial charge in [0.05, 0.1) is 28.0 Å². The quantitative estimate of drug-likeness (QED) is 0.365. The molecule has 0 radical (unpaired) electrons. The van der Waals surface area contributed by atoms with Crippen molar-refractivity contribution >= 4 is 27.3 Å². The standard InChI is InChI=1S/C27H26N4O3S/c1-18-7-6-8-22(15-18)30-35(33,34)25-16-21(14-11-19(25)2)29-27(32)24-17-28-31(26(24)20-12-13-20)23-9-4-3-5-10-23/h3-11,14-17,20,30H,12-13H2,1-2H3,(H,29,32). The molecule has 178 valence electrons. The van der Waals surface area contributed by atoms with Crippen LogP contribution in [0, 0.1) is 13.8 Å². The zero-order chi connectivity index (χ0) is 24.6. The summed E-state index contributed by atoms with van der Waals surface area (Å²) in [5, 5.41) is 7.36. The number of benzene rings is 3. The van der Waals surface area contributed by atoms with E-state index in [-0.39, 0.29) is 16.7 Å². The van der Waals surface area contributed by atoms with Gasteiger partial charge in [-0.15, -0.1) is 0 Å². The maximum atomic E-state index is 13.3. The normalized spacial score (nSPS) is 13.4. The molecule has 3 aromatic carbocycles. The van der Waals surface area contributed by atoms with Gasteiger partial charge >= 0.3 is 0 Å². The molecule has 1 fully saturated rings. The molecule has 1 heterocycles. The van der Waals surface area contributed by atoms with Crippen molar-refractivity contribution in [3.05, 3.63) is 101 Å². The van der Waals surface area contributed by atoms with Crippen LogP contribution in [0.4, 0.5) is 11.4 Å². The van der Waals surface area contributed by atoms with E-state index in [2.05, 4.69) is 15.1 Å². The molecule has 35 heavy (non-hydrogen) atoms. The van der Waals surface area contributed by atoms with Crippen LogP contribution in [0.1, 0.15) is 45.9 Å². The van der Waals surface area contributed by atoms with Crippen LogP contribution < -0.4 is 10.0 Å². The topological polar surface area (TPSA) is 93.1 Å². The number of carbonyl (C=O) groups excluding carboxylic acids is 1. The first kappa shape index (κ1) is 22.9. The first-order chi connectivity index (χ1) is 16.8. The van der Waals surface area contributed by atoms with Crippen molar-refractivity contribution in [2.75, 3.05) is 10.0 Å². The van der Waals surface area contributed by atoms with Gasteiger partial charge in [0.15, 0.2) is 0 Å².